The Bertz CT molecular complexity index is 836. The fraction of sp³-hybridized carbons (Fsp3) is 0.167. The molecule has 2 heterocycles. The van der Waals surface area contributed by atoms with E-state index in [9.17, 15) is 4.79 Å². The molecule has 4 rings (SSSR count). The van der Waals surface area contributed by atoms with Crippen LogP contribution >= 0.6 is 11.5 Å². The zero-order valence-corrected chi connectivity index (χ0v) is 14.2. The molecule has 2 atom stereocenters. The maximum Gasteiger partial charge on any atom is 0.242 e. The largest absolute Gasteiger partial charge is 0.325 e. The van der Waals surface area contributed by atoms with Crippen molar-refractivity contribution in [1.82, 2.24) is 20.4 Å². The second-order valence-electron chi connectivity index (χ2n) is 5.90. The number of amides is 1. The first kappa shape index (κ1) is 15.9. The quantitative estimate of drug-likeness (QED) is 0.674. The molecule has 0 bridgehead atoms. The molecule has 1 fully saturated rings. The number of carbonyl (C=O) groups is 1. The zero-order chi connectivity index (χ0) is 17.1. The molecular formula is C18H17N5OS. The highest BCUT2D eigenvalue weighted by atomic mass is 32.1. The van der Waals surface area contributed by atoms with Crippen LogP contribution in [0.4, 0.5) is 5.69 Å². The van der Waals surface area contributed by atoms with Crippen LogP contribution < -0.4 is 16.2 Å². The summed E-state index contributed by atoms with van der Waals surface area (Å²) in [5, 5.41) is 8.89. The van der Waals surface area contributed by atoms with E-state index in [0.717, 1.165) is 16.9 Å². The number of aromatic nitrogens is 2. The van der Waals surface area contributed by atoms with Gasteiger partial charge in [0.1, 0.15) is 11.7 Å². The number of hydrogen-bond acceptors (Lipinski definition) is 6. The minimum Gasteiger partial charge on any atom is -0.325 e. The van der Waals surface area contributed by atoms with Gasteiger partial charge in [-0.2, -0.15) is 0 Å². The lowest BCUT2D eigenvalue weighted by molar-refractivity contribution is -0.117. The Balaban J connectivity index is 1.38. The molecule has 1 aromatic heterocycles. The van der Waals surface area contributed by atoms with Crippen molar-refractivity contribution < 1.29 is 4.79 Å². The summed E-state index contributed by atoms with van der Waals surface area (Å²) in [6.45, 7) is 0. The van der Waals surface area contributed by atoms with Crippen molar-refractivity contribution in [1.29, 1.82) is 0 Å². The molecule has 25 heavy (non-hydrogen) atoms. The van der Waals surface area contributed by atoms with Crippen molar-refractivity contribution in [3.63, 3.8) is 0 Å². The lowest BCUT2D eigenvalue weighted by Crippen LogP contribution is -2.39. The lowest BCUT2D eigenvalue weighted by Gasteiger charge is -2.11. The van der Waals surface area contributed by atoms with E-state index in [1.54, 1.807) is 0 Å². The molecular weight excluding hydrogens is 334 g/mol. The van der Waals surface area contributed by atoms with E-state index in [4.69, 9.17) is 0 Å². The van der Waals surface area contributed by atoms with E-state index in [1.807, 2.05) is 47.8 Å². The van der Waals surface area contributed by atoms with Gasteiger partial charge in [-0.1, -0.05) is 47.0 Å². The van der Waals surface area contributed by atoms with Crippen LogP contribution in [0.5, 0.6) is 0 Å². The number of nitrogens with zero attached hydrogens (tertiary/aromatic N) is 2. The van der Waals surface area contributed by atoms with Crippen molar-refractivity contribution in [2.24, 2.45) is 0 Å². The summed E-state index contributed by atoms with van der Waals surface area (Å²) >= 11 is 1.32. The average molecular weight is 351 g/mol. The number of hydrazine groups is 1. The van der Waals surface area contributed by atoms with E-state index in [-0.39, 0.29) is 18.0 Å². The predicted octanol–water partition coefficient (Wildman–Crippen LogP) is 2.75. The van der Waals surface area contributed by atoms with Crippen LogP contribution in [0, 0.1) is 0 Å². The molecule has 1 amide bonds. The van der Waals surface area contributed by atoms with Crippen molar-refractivity contribution in [2.75, 3.05) is 5.32 Å². The van der Waals surface area contributed by atoms with Crippen molar-refractivity contribution in [3.05, 3.63) is 65.5 Å². The van der Waals surface area contributed by atoms with Crippen molar-refractivity contribution in [3.8, 4) is 11.3 Å². The number of anilines is 1. The molecule has 3 N–H and O–H groups in total. The maximum atomic E-state index is 12.5. The topological polar surface area (TPSA) is 78.9 Å². The number of nitrogens with one attached hydrogen (secondary N) is 3. The minimum atomic E-state index is -0.271. The Hall–Kier alpha value is -2.61. The summed E-state index contributed by atoms with van der Waals surface area (Å²) in [6.07, 6.45) is 0.707. The SMILES string of the molecule is O=C(Nc1ccc(-c2csnn2)cc1)C1CC(c2ccccc2)NN1. The average Bonchev–Trinajstić information content (AvgIpc) is 3.35. The Morgan fingerprint density at radius 3 is 2.60 bits per heavy atom. The van der Waals surface area contributed by atoms with Gasteiger partial charge in [0, 0.05) is 22.7 Å². The Morgan fingerprint density at radius 2 is 1.88 bits per heavy atom. The number of carbonyl (C=O) groups excluding carboxylic acids is 1. The van der Waals surface area contributed by atoms with Crippen LogP contribution in [0.1, 0.15) is 18.0 Å². The molecule has 2 unspecified atom stereocenters. The second kappa shape index (κ2) is 7.10. The van der Waals surface area contributed by atoms with Crippen LogP contribution in [0.2, 0.25) is 0 Å². The monoisotopic (exact) mass is 351 g/mol. The first-order chi connectivity index (χ1) is 12.3. The molecule has 126 valence electrons. The standard InChI is InChI=1S/C18H17N5OS/c24-18(16-10-15(20-21-16)12-4-2-1-3-5-12)19-14-8-6-13(7-9-14)17-11-25-23-22-17/h1-9,11,15-16,20-21H,10H2,(H,19,24). The van der Waals surface area contributed by atoms with E-state index in [2.05, 4.69) is 37.9 Å². The predicted molar refractivity (Wildman–Crippen MR) is 97.8 cm³/mol. The fourth-order valence-corrected chi connectivity index (χ4v) is 3.34. The van der Waals surface area contributed by atoms with Crippen LogP contribution in [-0.4, -0.2) is 21.5 Å². The molecule has 6 nitrogen and oxygen atoms in total. The van der Waals surface area contributed by atoms with Gasteiger partial charge in [-0.25, -0.2) is 10.9 Å². The van der Waals surface area contributed by atoms with Gasteiger partial charge in [0.05, 0.1) is 0 Å². The second-order valence-corrected chi connectivity index (χ2v) is 6.51. The number of hydrogen-bond donors (Lipinski definition) is 3. The Labute approximate surface area is 149 Å². The molecule has 0 radical (unpaired) electrons. The summed E-state index contributed by atoms with van der Waals surface area (Å²) < 4.78 is 3.86. The molecule has 7 heteroatoms. The molecule has 0 spiro atoms. The molecule has 3 aromatic rings. The molecule has 1 aliphatic rings. The Morgan fingerprint density at radius 1 is 1.08 bits per heavy atom. The molecule has 1 saturated heterocycles. The third-order valence-corrected chi connectivity index (χ3v) is 4.73. The third-order valence-electron chi connectivity index (χ3n) is 4.23. The van der Waals surface area contributed by atoms with Crippen LogP contribution in [-0.2, 0) is 4.79 Å². The van der Waals surface area contributed by atoms with Crippen molar-refractivity contribution >= 4 is 23.1 Å². The summed E-state index contributed by atoms with van der Waals surface area (Å²) in [7, 11) is 0. The van der Waals surface area contributed by atoms with E-state index in [0.29, 0.717) is 6.42 Å². The maximum absolute atomic E-state index is 12.5. The third kappa shape index (κ3) is 3.58. The normalized spacial score (nSPS) is 19.7. The van der Waals surface area contributed by atoms with Gasteiger partial charge in [-0.15, -0.1) is 5.10 Å². The first-order valence-corrected chi connectivity index (χ1v) is 8.87. The number of rotatable bonds is 4. The zero-order valence-electron chi connectivity index (χ0n) is 13.3. The smallest absolute Gasteiger partial charge is 0.242 e. The van der Waals surface area contributed by atoms with E-state index in [1.165, 1.54) is 17.1 Å². The van der Waals surface area contributed by atoms with E-state index >= 15 is 0 Å². The minimum absolute atomic E-state index is 0.0472. The van der Waals surface area contributed by atoms with Gasteiger partial charge in [-0.05, 0) is 35.6 Å². The van der Waals surface area contributed by atoms with Gasteiger partial charge in [0.15, 0.2) is 0 Å². The molecule has 2 aromatic carbocycles. The van der Waals surface area contributed by atoms with Gasteiger partial charge in [-0.3, -0.25) is 4.79 Å². The highest BCUT2D eigenvalue weighted by Gasteiger charge is 2.29. The van der Waals surface area contributed by atoms with Crippen LogP contribution in [0.15, 0.2) is 60.0 Å². The first-order valence-electron chi connectivity index (χ1n) is 8.04. The van der Waals surface area contributed by atoms with Gasteiger partial charge >= 0.3 is 0 Å². The van der Waals surface area contributed by atoms with Crippen LogP contribution in [0.25, 0.3) is 11.3 Å². The van der Waals surface area contributed by atoms with E-state index < -0.39 is 0 Å². The molecule has 0 aliphatic carbocycles. The summed E-state index contributed by atoms with van der Waals surface area (Å²) in [6, 6.07) is 17.6. The van der Waals surface area contributed by atoms with Gasteiger partial charge < -0.3 is 5.32 Å². The Kier molecular flexibility index (Phi) is 4.51. The summed E-state index contributed by atoms with van der Waals surface area (Å²) in [5.74, 6) is -0.0472. The highest BCUT2D eigenvalue weighted by molar-refractivity contribution is 7.03. The molecule has 1 aliphatic heterocycles. The van der Waals surface area contributed by atoms with Crippen LogP contribution in [0.3, 0.4) is 0 Å². The van der Waals surface area contributed by atoms with Gasteiger partial charge in [0.25, 0.3) is 0 Å². The van der Waals surface area contributed by atoms with Gasteiger partial charge in [0.2, 0.25) is 5.91 Å². The molecule has 0 saturated carbocycles. The number of benzene rings is 2. The summed E-state index contributed by atoms with van der Waals surface area (Å²) in [5.41, 5.74) is 10.0. The fourth-order valence-electron chi connectivity index (χ4n) is 2.88. The van der Waals surface area contributed by atoms with Crippen molar-refractivity contribution in [2.45, 2.75) is 18.5 Å². The highest BCUT2D eigenvalue weighted by Crippen LogP contribution is 2.23. The lowest BCUT2D eigenvalue weighted by atomic mass is 10.0. The summed E-state index contributed by atoms with van der Waals surface area (Å²) in [4.78, 5) is 12.5.